The van der Waals surface area contributed by atoms with Gasteiger partial charge in [-0.15, -0.1) is 0 Å². The molecule has 1 aliphatic rings. The van der Waals surface area contributed by atoms with Gasteiger partial charge in [-0.1, -0.05) is 41.4 Å². The van der Waals surface area contributed by atoms with Crippen LogP contribution < -0.4 is 15.4 Å². The molecule has 1 unspecified atom stereocenters. The molecule has 1 aromatic heterocycles. The van der Waals surface area contributed by atoms with E-state index in [1.165, 1.54) is 18.3 Å². The molecule has 0 saturated carbocycles. The Morgan fingerprint density at radius 3 is 2.65 bits per heavy atom. The lowest BCUT2D eigenvalue weighted by Gasteiger charge is -2.38. The highest BCUT2D eigenvalue weighted by atomic mass is 35.5. The Morgan fingerprint density at radius 1 is 1.22 bits per heavy atom. The Balaban J connectivity index is 1.51. The monoisotopic (exact) mass is 567 g/mol. The van der Waals surface area contributed by atoms with Crippen molar-refractivity contribution < 1.29 is 17.6 Å². The topological polar surface area (TPSA) is 105 Å². The molecular formula is C25H28Cl2FN5O3S. The first-order valence-corrected chi connectivity index (χ1v) is 14.4. The minimum atomic E-state index is -3.29. The van der Waals surface area contributed by atoms with Gasteiger partial charge in [0.05, 0.1) is 28.2 Å². The van der Waals surface area contributed by atoms with Crippen LogP contribution in [0.3, 0.4) is 0 Å². The number of aryl methyl sites for hydroxylation is 1. The summed E-state index contributed by atoms with van der Waals surface area (Å²) < 4.78 is 41.0. The lowest BCUT2D eigenvalue weighted by molar-refractivity contribution is 0.0918. The lowest BCUT2D eigenvalue weighted by Crippen LogP contribution is -2.54. The molecule has 1 amide bonds. The number of nitrogens with zero attached hydrogens (tertiary/aromatic N) is 2. The second-order valence-electron chi connectivity index (χ2n) is 9.20. The van der Waals surface area contributed by atoms with Gasteiger partial charge in [0.15, 0.2) is 0 Å². The van der Waals surface area contributed by atoms with E-state index in [1.807, 2.05) is 6.07 Å². The molecule has 0 spiro atoms. The standard InChI is InChI=1S/C25H28Cl2FN5O3S/c1-33-24(22(27)13-30-33)19-7-6-16(11-21(19)26)25(34)32-23-14-29-18(8-9-31-37(2,35)36)12-20(23)15-4-3-5-17(28)10-15/h3-7,10-11,13,18,20,23,29,31H,8-9,12,14H2,1-2H3,(H,32,34)/t18?,20-,23+/m0/s1. The number of benzene rings is 2. The highest BCUT2D eigenvalue weighted by Crippen LogP contribution is 2.34. The molecule has 3 N–H and O–H groups in total. The first-order chi connectivity index (χ1) is 17.5. The molecule has 0 radical (unpaired) electrons. The zero-order chi connectivity index (χ0) is 26.7. The zero-order valence-corrected chi connectivity index (χ0v) is 22.7. The number of hydrogen-bond donors (Lipinski definition) is 3. The first kappa shape index (κ1) is 27.5. The van der Waals surface area contributed by atoms with Gasteiger partial charge in [-0.25, -0.2) is 17.5 Å². The highest BCUT2D eigenvalue weighted by Gasteiger charge is 2.33. The van der Waals surface area contributed by atoms with E-state index in [1.54, 1.807) is 36.0 Å². The average Bonchev–Trinajstić information content (AvgIpc) is 3.16. The molecule has 2 heterocycles. The number of nitrogens with one attached hydrogen (secondary N) is 3. The van der Waals surface area contributed by atoms with E-state index >= 15 is 0 Å². The lowest BCUT2D eigenvalue weighted by atomic mass is 9.81. The van der Waals surface area contributed by atoms with Gasteiger partial charge in [-0.05, 0) is 42.7 Å². The number of carbonyl (C=O) groups excluding carboxylic acids is 1. The molecule has 1 fully saturated rings. The van der Waals surface area contributed by atoms with Crippen molar-refractivity contribution in [1.82, 2.24) is 25.1 Å². The van der Waals surface area contributed by atoms with Gasteiger partial charge in [-0.3, -0.25) is 9.48 Å². The molecule has 0 bridgehead atoms. The molecule has 12 heteroatoms. The number of carbonyl (C=O) groups is 1. The zero-order valence-electron chi connectivity index (χ0n) is 20.3. The van der Waals surface area contributed by atoms with Crippen molar-refractivity contribution >= 4 is 39.1 Å². The van der Waals surface area contributed by atoms with E-state index in [0.29, 0.717) is 46.3 Å². The van der Waals surface area contributed by atoms with Crippen LogP contribution in [0.5, 0.6) is 0 Å². The molecule has 4 rings (SSSR count). The summed E-state index contributed by atoms with van der Waals surface area (Å²) in [5.74, 6) is -0.838. The molecule has 3 atom stereocenters. The summed E-state index contributed by atoms with van der Waals surface area (Å²) in [6.07, 6.45) is 3.80. The smallest absolute Gasteiger partial charge is 0.251 e. The van der Waals surface area contributed by atoms with Gasteiger partial charge >= 0.3 is 0 Å². The summed E-state index contributed by atoms with van der Waals surface area (Å²) in [4.78, 5) is 13.2. The third kappa shape index (κ3) is 6.88. The summed E-state index contributed by atoms with van der Waals surface area (Å²) in [7, 11) is -1.53. The van der Waals surface area contributed by atoms with Crippen molar-refractivity contribution in [1.29, 1.82) is 0 Å². The number of rotatable bonds is 8. The fourth-order valence-corrected chi connectivity index (χ4v) is 5.73. The van der Waals surface area contributed by atoms with Crippen molar-refractivity contribution in [2.24, 2.45) is 7.05 Å². The van der Waals surface area contributed by atoms with Crippen LogP contribution in [0.4, 0.5) is 4.39 Å². The van der Waals surface area contributed by atoms with Crippen LogP contribution in [0.15, 0.2) is 48.7 Å². The molecular weight excluding hydrogens is 540 g/mol. The number of sulfonamides is 1. The van der Waals surface area contributed by atoms with E-state index in [9.17, 15) is 17.6 Å². The minimum Gasteiger partial charge on any atom is -0.347 e. The molecule has 37 heavy (non-hydrogen) atoms. The van der Waals surface area contributed by atoms with Crippen molar-refractivity contribution in [3.05, 3.63) is 75.7 Å². The highest BCUT2D eigenvalue weighted by molar-refractivity contribution is 7.88. The van der Waals surface area contributed by atoms with Crippen LogP contribution in [-0.4, -0.2) is 55.5 Å². The van der Waals surface area contributed by atoms with E-state index in [4.69, 9.17) is 23.2 Å². The predicted octanol–water partition coefficient (Wildman–Crippen LogP) is 3.72. The third-order valence-corrected chi connectivity index (χ3v) is 7.80. The van der Waals surface area contributed by atoms with Gasteiger partial charge in [0.2, 0.25) is 10.0 Å². The van der Waals surface area contributed by atoms with Crippen LogP contribution >= 0.6 is 23.2 Å². The van der Waals surface area contributed by atoms with Crippen LogP contribution in [0, 0.1) is 5.82 Å². The van der Waals surface area contributed by atoms with Crippen molar-refractivity contribution in [3.8, 4) is 11.3 Å². The predicted molar refractivity (Wildman–Crippen MR) is 143 cm³/mol. The number of amides is 1. The summed E-state index contributed by atoms with van der Waals surface area (Å²) in [6, 6.07) is 11.0. The number of halogens is 3. The van der Waals surface area contributed by atoms with Gasteiger partial charge in [0.25, 0.3) is 5.91 Å². The maximum atomic E-state index is 14.1. The second kappa shape index (κ2) is 11.5. The van der Waals surface area contributed by atoms with Crippen molar-refractivity contribution in [2.75, 3.05) is 19.3 Å². The van der Waals surface area contributed by atoms with Crippen LogP contribution in [-0.2, 0) is 17.1 Å². The fourth-order valence-electron chi connectivity index (χ4n) is 4.70. The molecule has 2 aromatic carbocycles. The summed E-state index contributed by atoms with van der Waals surface area (Å²) in [5, 5.41) is 11.4. The largest absolute Gasteiger partial charge is 0.347 e. The Kier molecular flexibility index (Phi) is 8.55. The molecule has 198 valence electrons. The SMILES string of the molecule is Cn1ncc(Cl)c1-c1ccc(C(=O)N[C@@H]2CNC(CCNS(C)(=O)=O)C[C@H]2c2cccc(F)c2)cc1Cl. The van der Waals surface area contributed by atoms with Gasteiger partial charge in [-0.2, -0.15) is 5.10 Å². The van der Waals surface area contributed by atoms with Gasteiger partial charge in [0, 0.05) is 49.3 Å². The number of piperidine rings is 1. The van der Waals surface area contributed by atoms with Crippen molar-refractivity contribution in [2.45, 2.75) is 30.8 Å². The van der Waals surface area contributed by atoms with Gasteiger partial charge in [0.1, 0.15) is 5.82 Å². The van der Waals surface area contributed by atoms with Crippen LogP contribution in [0.1, 0.15) is 34.7 Å². The fraction of sp³-hybridized carbons (Fsp3) is 0.360. The molecule has 8 nitrogen and oxygen atoms in total. The van der Waals surface area contributed by atoms with Crippen LogP contribution in [0.25, 0.3) is 11.3 Å². The maximum absolute atomic E-state index is 14.1. The molecule has 0 aliphatic carbocycles. The first-order valence-electron chi connectivity index (χ1n) is 11.7. The van der Waals surface area contributed by atoms with Crippen molar-refractivity contribution in [3.63, 3.8) is 0 Å². The Labute approximate surface area is 225 Å². The Morgan fingerprint density at radius 2 is 2.00 bits per heavy atom. The number of aromatic nitrogens is 2. The van der Waals surface area contributed by atoms with E-state index in [2.05, 4.69) is 20.5 Å². The molecule has 3 aromatic rings. The van der Waals surface area contributed by atoms with E-state index in [-0.39, 0.29) is 36.3 Å². The average molecular weight is 569 g/mol. The minimum absolute atomic E-state index is 0.00644. The molecule has 1 aliphatic heterocycles. The summed E-state index contributed by atoms with van der Waals surface area (Å²) in [5.41, 5.74) is 2.46. The normalized spacial score (nSPS) is 20.1. The van der Waals surface area contributed by atoms with Gasteiger partial charge < -0.3 is 10.6 Å². The Hall–Kier alpha value is -2.50. The Bertz CT molecular complexity index is 1380. The third-order valence-electron chi connectivity index (χ3n) is 6.48. The van der Waals surface area contributed by atoms with E-state index < -0.39 is 10.0 Å². The van der Waals surface area contributed by atoms with Crippen LogP contribution in [0.2, 0.25) is 10.0 Å². The summed E-state index contributed by atoms with van der Waals surface area (Å²) in [6.45, 7) is 0.724. The summed E-state index contributed by atoms with van der Waals surface area (Å²) >= 11 is 12.8. The second-order valence-corrected chi connectivity index (χ2v) is 11.8. The molecule has 1 saturated heterocycles. The quantitative estimate of drug-likeness (QED) is 0.385. The maximum Gasteiger partial charge on any atom is 0.251 e. The number of hydrogen-bond acceptors (Lipinski definition) is 5. The van der Waals surface area contributed by atoms with E-state index in [0.717, 1.165) is 11.8 Å².